The number of likely N-dealkylation sites (N-methyl/N-ethyl adjacent to an activating group) is 1. The van der Waals surface area contributed by atoms with Gasteiger partial charge in [0.25, 0.3) is 5.91 Å². The molecule has 0 aliphatic carbocycles. The fourth-order valence-corrected chi connectivity index (χ4v) is 4.05. The zero-order chi connectivity index (χ0) is 17.8. The van der Waals surface area contributed by atoms with Crippen molar-refractivity contribution in [3.63, 3.8) is 0 Å². The first-order valence-electron chi connectivity index (χ1n) is 9.29. The summed E-state index contributed by atoms with van der Waals surface area (Å²) in [7, 11) is 5.48. The third-order valence-electron chi connectivity index (χ3n) is 5.74. The summed E-state index contributed by atoms with van der Waals surface area (Å²) in [6, 6.07) is 6.12. The number of benzene rings is 1. The Labute approximate surface area is 150 Å². The number of piperazine rings is 1. The number of carbonyl (C=O) groups is 1. The number of amides is 1. The third kappa shape index (κ3) is 4.07. The van der Waals surface area contributed by atoms with Gasteiger partial charge >= 0.3 is 0 Å². The summed E-state index contributed by atoms with van der Waals surface area (Å²) in [6.45, 7) is 6.76. The van der Waals surface area contributed by atoms with E-state index in [9.17, 15) is 4.79 Å². The standard InChI is InChI=1S/C19H29N3O3/c1-20-10-12-21(13-11-20)16-6-8-22(9-7-16)19(23)15-4-5-17(24-2)18(14-15)25-3/h4-5,14,16H,6-13H2,1-3H3/p+2. The maximum atomic E-state index is 12.8. The van der Waals surface area contributed by atoms with Gasteiger partial charge in [-0.05, 0) is 18.2 Å². The summed E-state index contributed by atoms with van der Waals surface area (Å²) < 4.78 is 10.6. The van der Waals surface area contributed by atoms with E-state index in [0.717, 1.165) is 25.9 Å². The summed E-state index contributed by atoms with van der Waals surface area (Å²) >= 11 is 0. The van der Waals surface area contributed by atoms with Crippen molar-refractivity contribution in [3.8, 4) is 11.5 Å². The van der Waals surface area contributed by atoms with Gasteiger partial charge in [-0.1, -0.05) is 0 Å². The quantitative estimate of drug-likeness (QED) is 0.712. The minimum Gasteiger partial charge on any atom is -0.493 e. The van der Waals surface area contributed by atoms with Crippen molar-refractivity contribution in [1.82, 2.24) is 4.90 Å². The normalized spacial score (nSPS) is 24.8. The van der Waals surface area contributed by atoms with E-state index >= 15 is 0 Å². The van der Waals surface area contributed by atoms with Crippen LogP contribution in [0.5, 0.6) is 11.5 Å². The molecule has 6 nitrogen and oxygen atoms in total. The van der Waals surface area contributed by atoms with Gasteiger partial charge in [-0.25, -0.2) is 0 Å². The Morgan fingerprint density at radius 1 is 1.04 bits per heavy atom. The van der Waals surface area contributed by atoms with Crippen molar-refractivity contribution < 1.29 is 24.1 Å². The van der Waals surface area contributed by atoms with Crippen molar-refractivity contribution in [2.45, 2.75) is 18.9 Å². The Balaban J connectivity index is 1.58. The molecular formula is C19H31N3O3+2. The second kappa shape index (κ2) is 8.06. The fraction of sp³-hybridized carbons (Fsp3) is 0.632. The predicted octanol–water partition coefficient (Wildman–Crippen LogP) is -1.28. The molecule has 0 bridgehead atoms. The fourth-order valence-electron chi connectivity index (χ4n) is 4.05. The van der Waals surface area contributed by atoms with E-state index in [0.29, 0.717) is 23.1 Å². The molecule has 2 aliphatic heterocycles. The van der Waals surface area contributed by atoms with E-state index in [1.807, 2.05) is 11.0 Å². The topological polar surface area (TPSA) is 47.6 Å². The molecule has 0 radical (unpaired) electrons. The van der Waals surface area contributed by atoms with Crippen LogP contribution in [-0.2, 0) is 0 Å². The van der Waals surface area contributed by atoms with Crippen LogP contribution < -0.4 is 19.3 Å². The summed E-state index contributed by atoms with van der Waals surface area (Å²) in [5, 5.41) is 0. The summed E-state index contributed by atoms with van der Waals surface area (Å²) in [4.78, 5) is 18.2. The molecule has 0 aromatic heterocycles. The Bertz CT molecular complexity index is 592. The van der Waals surface area contributed by atoms with Gasteiger partial charge in [0.15, 0.2) is 11.5 Å². The van der Waals surface area contributed by atoms with Crippen LogP contribution >= 0.6 is 0 Å². The first kappa shape index (κ1) is 18.0. The molecule has 0 saturated carbocycles. The zero-order valence-electron chi connectivity index (χ0n) is 15.6. The van der Waals surface area contributed by atoms with Crippen molar-refractivity contribution in [1.29, 1.82) is 0 Å². The highest BCUT2D eigenvalue weighted by Crippen LogP contribution is 2.28. The molecule has 0 spiro atoms. The molecule has 1 aromatic rings. The molecule has 6 heteroatoms. The van der Waals surface area contributed by atoms with Crippen LogP contribution in [-0.4, -0.2) is 77.4 Å². The summed E-state index contributed by atoms with van der Waals surface area (Å²) in [5.41, 5.74) is 0.673. The number of nitrogens with one attached hydrogen (secondary N) is 2. The first-order chi connectivity index (χ1) is 12.1. The van der Waals surface area contributed by atoms with Gasteiger partial charge in [0.2, 0.25) is 0 Å². The van der Waals surface area contributed by atoms with Crippen molar-refractivity contribution >= 4 is 5.91 Å². The van der Waals surface area contributed by atoms with Gasteiger partial charge in [-0.2, -0.15) is 0 Å². The van der Waals surface area contributed by atoms with Crippen LogP contribution in [0.2, 0.25) is 0 Å². The number of carbonyl (C=O) groups excluding carboxylic acids is 1. The molecule has 138 valence electrons. The molecule has 2 fully saturated rings. The lowest BCUT2D eigenvalue weighted by Gasteiger charge is -2.38. The highest BCUT2D eigenvalue weighted by molar-refractivity contribution is 5.95. The molecule has 2 heterocycles. The lowest BCUT2D eigenvalue weighted by atomic mass is 10.0. The van der Waals surface area contributed by atoms with Crippen LogP contribution in [0.4, 0.5) is 0 Å². The van der Waals surface area contributed by atoms with E-state index in [2.05, 4.69) is 7.05 Å². The second-order valence-corrected chi connectivity index (χ2v) is 7.25. The zero-order valence-corrected chi connectivity index (χ0v) is 15.6. The molecule has 2 N–H and O–H groups in total. The second-order valence-electron chi connectivity index (χ2n) is 7.25. The molecule has 2 aliphatic rings. The van der Waals surface area contributed by atoms with Gasteiger partial charge in [0, 0.05) is 31.5 Å². The van der Waals surface area contributed by atoms with Gasteiger partial charge in [-0.15, -0.1) is 0 Å². The maximum absolute atomic E-state index is 12.8. The number of quaternary nitrogens is 2. The van der Waals surface area contributed by atoms with Crippen LogP contribution in [0, 0.1) is 0 Å². The lowest BCUT2D eigenvalue weighted by molar-refractivity contribution is -1.02. The Hall–Kier alpha value is -1.79. The van der Waals surface area contributed by atoms with E-state index in [-0.39, 0.29) is 5.91 Å². The van der Waals surface area contributed by atoms with Crippen molar-refractivity contribution in [2.75, 3.05) is 60.5 Å². The van der Waals surface area contributed by atoms with Crippen LogP contribution in [0.3, 0.4) is 0 Å². The Morgan fingerprint density at radius 3 is 2.28 bits per heavy atom. The van der Waals surface area contributed by atoms with Crippen LogP contribution in [0.25, 0.3) is 0 Å². The van der Waals surface area contributed by atoms with Crippen molar-refractivity contribution in [2.24, 2.45) is 0 Å². The van der Waals surface area contributed by atoms with Crippen LogP contribution in [0.1, 0.15) is 23.2 Å². The number of likely N-dealkylation sites (tertiary alicyclic amines) is 1. The van der Waals surface area contributed by atoms with Crippen molar-refractivity contribution in [3.05, 3.63) is 23.8 Å². The largest absolute Gasteiger partial charge is 0.493 e. The lowest BCUT2D eigenvalue weighted by Crippen LogP contribution is -3.28. The molecule has 1 aromatic carbocycles. The number of hydrogen-bond donors (Lipinski definition) is 2. The Morgan fingerprint density at radius 2 is 1.68 bits per heavy atom. The maximum Gasteiger partial charge on any atom is 0.253 e. The number of rotatable bonds is 4. The molecule has 2 saturated heterocycles. The Kier molecular flexibility index (Phi) is 5.81. The van der Waals surface area contributed by atoms with Gasteiger partial charge in [0.05, 0.1) is 27.3 Å². The summed E-state index contributed by atoms with van der Waals surface area (Å²) in [6.07, 6.45) is 2.21. The highest BCUT2D eigenvalue weighted by atomic mass is 16.5. The monoisotopic (exact) mass is 349 g/mol. The van der Waals surface area contributed by atoms with E-state index in [1.54, 1.807) is 36.2 Å². The van der Waals surface area contributed by atoms with E-state index < -0.39 is 0 Å². The minimum absolute atomic E-state index is 0.0947. The average Bonchev–Trinajstić information content (AvgIpc) is 2.67. The van der Waals surface area contributed by atoms with Gasteiger partial charge in [-0.3, -0.25) is 4.79 Å². The van der Waals surface area contributed by atoms with Crippen LogP contribution in [0.15, 0.2) is 18.2 Å². The number of nitrogens with zero attached hydrogens (tertiary/aromatic N) is 1. The molecule has 25 heavy (non-hydrogen) atoms. The van der Waals surface area contributed by atoms with Gasteiger partial charge in [0.1, 0.15) is 26.2 Å². The highest BCUT2D eigenvalue weighted by Gasteiger charge is 2.32. The smallest absolute Gasteiger partial charge is 0.253 e. The molecule has 0 atom stereocenters. The average molecular weight is 349 g/mol. The summed E-state index contributed by atoms with van der Waals surface area (Å²) in [5.74, 6) is 1.35. The number of ether oxygens (including phenoxy) is 2. The first-order valence-corrected chi connectivity index (χ1v) is 9.29. The minimum atomic E-state index is 0.0947. The predicted molar refractivity (Wildman–Crippen MR) is 95.8 cm³/mol. The molecule has 3 rings (SSSR count). The molecule has 0 unspecified atom stereocenters. The third-order valence-corrected chi connectivity index (χ3v) is 5.74. The molecule has 1 amide bonds. The number of piperidine rings is 1. The van der Waals surface area contributed by atoms with E-state index in [4.69, 9.17) is 9.47 Å². The van der Waals surface area contributed by atoms with E-state index in [1.165, 1.54) is 26.2 Å². The SMILES string of the molecule is COc1ccc(C(=O)N2CCC([NH+]3CC[NH+](C)CC3)CC2)cc1OC. The number of hydrogen-bond acceptors (Lipinski definition) is 3. The molecular weight excluding hydrogens is 318 g/mol. The number of methoxy groups -OCH3 is 2. The van der Waals surface area contributed by atoms with Gasteiger partial charge < -0.3 is 24.2 Å².